The summed E-state index contributed by atoms with van der Waals surface area (Å²) in [7, 11) is 0. The van der Waals surface area contributed by atoms with Crippen molar-refractivity contribution in [3.05, 3.63) is 29.7 Å². The Morgan fingerprint density at radius 1 is 1.56 bits per heavy atom. The van der Waals surface area contributed by atoms with Gasteiger partial charge >= 0.3 is 0 Å². The molecule has 1 saturated carbocycles. The standard InChI is InChI=1S/C15H21NO2/c1-10(2)9-16-15(17)7-5-12-4-6-14(18-12)13-8-11(13)3/h4-7,10-11,13H,8-9H2,1-3H3,(H,16,17)/b7-5+. The number of hydrogen-bond donors (Lipinski definition) is 1. The molecule has 0 bridgehead atoms. The van der Waals surface area contributed by atoms with Crippen LogP contribution in [0.3, 0.4) is 0 Å². The molecule has 0 radical (unpaired) electrons. The van der Waals surface area contributed by atoms with Gasteiger partial charge in [0.25, 0.3) is 0 Å². The Labute approximate surface area is 108 Å². The van der Waals surface area contributed by atoms with E-state index in [0.717, 1.165) is 17.4 Å². The highest BCUT2D eigenvalue weighted by Crippen LogP contribution is 2.47. The smallest absolute Gasteiger partial charge is 0.244 e. The van der Waals surface area contributed by atoms with Gasteiger partial charge in [0.1, 0.15) is 11.5 Å². The molecule has 1 aliphatic rings. The fraction of sp³-hybridized carbons (Fsp3) is 0.533. The third-order valence-electron chi connectivity index (χ3n) is 3.21. The number of carbonyl (C=O) groups is 1. The second-order valence-electron chi connectivity index (χ2n) is 5.53. The zero-order valence-electron chi connectivity index (χ0n) is 11.3. The molecule has 2 atom stereocenters. The molecule has 1 N–H and O–H groups in total. The molecule has 2 rings (SSSR count). The van der Waals surface area contributed by atoms with Gasteiger partial charge < -0.3 is 9.73 Å². The highest BCUT2D eigenvalue weighted by Gasteiger charge is 2.36. The normalized spacial score (nSPS) is 22.7. The van der Waals surface area contributed by atoms with Gasteiger partial charge in [-0.05, 0) is 36.5 Å². The first-order valence-electron chi connectivity index (χ1n) is 6.62. The third-order valence-corrected chi connectivity index (χ3v) is 3.21. The SMILES string of the molecule is CC(C)CNC(=O)/C=C/c1ccc(C2CC2C)o1. The van der Waals surface area contributed by atoms with E-state index in [1.807, 2.05) is 12.1 Å². The van der Waals surface area contributed by atoms with Crippen molar-refractivity contribution in [1.29, 1.82) is 0 Å². The molecular formula is C15H21NO2. The lowest BCUT2D eigenvalue weighted by Gasteiger charge is -2.03. The Balaban J connectivity index is 1.85. The van der Waals surface area contributed by atoms with E-state index in [2.05, 4.69) is 26.1 Å². The number of rotatable bonds is 5. The van der Waals surface area contributed by atoms with E-state index in [1.54, 1.807) is 6.08 Å². The Hall–Kier alpha value is -1.51. The first-order chi connectivity index (χ1) is 8.56. The van der Waals surface area contributed by atoms with Crippen LogP contribution < -0.4 is 5.32 Å². The highest BCUT2D eigenvalue weighted by atomic mass is 16.3. The van der Waals surface area contributed by atoms with Crippen molar-refractivity contribution in [2.75, 3.05) is 6.54 Å². The zero-order valence-corrected chi connectivity index (χ0v) is 11.3. The Bertz CT molecular complexity index is 445. The maximum Gasteiger partial charge on any atom is 0.244 e. The molecule has 1 amide bonds. The maximum atomic E-state index is 11.5. The van der Waals surface area contributed by atoms with E-state index < -0.39 is 0 Å². The van der Waals surface area contributed by atoms with Crippen LogP contribution in [0.15, 0.2) is 22.6 Å². The summed E-state index contributed by atoms with van der Waals surface area (Å²) in [4.78, 5) is 11.5. The lowest BCUT2D eigenvalue weighted by atomic mass is 10.2. The van der Waals surface area contributed by atoms with Crippen LogP contribution >= 0.6 is 0 Å². The number of amides is 1. The van der Waals surface area contributed by atoms with E-state index >= 15 is 0 Å². The van der Waals surface area contributed by atoms with Gasteiger partial charge in [0.15, 0.2) is 0 Å². The van der Waals surface area contributed by atoms with E-state index in [9.17, 15) is 4.79 Å². The lowest BCUT2D eigenvalue weighted by Crippen LogP contribution is -2.25. The second kappa shape index (κ2) is 5.42. The predicted molar refractivity (Wildman–Crippen MR) is 72.1 cm³/mol. The molecule has 3 heteroatoms. The number of nitrogens with one attached hydrogen (secondary N) is 1. The van der Waals surface area contributed by atoms with Crippen molar-refractivity contribution < 1.29 is 9.21 Å². The summed E-state index contributed by atoms with van der Waals surface area (Å²) in [6, 6.07) is 3.94. The van der Waals surface area contributed by atoms with Crippen LogP contribution in [0.4, 0.5) is 0 Å². The number of carbonyl (C=O) groups excluding carboxylic acids is 1. The monoisotopic (exact) mass is 247 g/mol. The Morgan fingerprint density at radius 3 is 2.89 bits per heavy atom. The average Bonchev–Trinajstić information content (AvgIpc) is 2.88. The van der Waals surface area contributed by atoms with Gasteiger partial charge in [0, 0.05) is 18.5 Å². The molecule has 0 aliphatic heterocycles. The van der Waals surface area contributed by atoms with Gasteiger partial charge in [0.05, 0.1) is 0 Å². The van der Waals surface area contributed by atoms with Crippen LogP contribution in [-0.4, -0.2) is 12.5 Å². The molecule has 18 heavy (non-hydrogen) atoms. The second-order valence-corrected chi connectivity index (χ2v) is 5.53. The molecule has 0 saturated heterocycles. The molecule has 0 aromatic carbocycles. The Kier molecular flexibility index (Phi) is 3.90. The summed E-state index contributed by atoms with van der Waals surface area (Å²) in [5.41, 5.74) is 0. The van der Waals surface area contributed by atoms with Crippen molar-refractivity contribution in [3.63, 3.8) is 0 Å². The maximum absolute atomic E-state index is 11.5. The largest absolute Gasteiger partial charge is 0.461 e. The average molecular weight is 247 g/mol. The van der Waals surface area contributed by atoms with Gasteiger partial charge in [-0.1, -0.05) is 20.8 Å². The van der Waals surface area contributed by atoms with Crippen molar-refractivity contribution in [2.45, 2.75) is 33.1 Å². The van der Waals surface area contributed by atoms with Crippen LogP contribution in [0, 0.1) is 11.8 Å². The summed E-state index contributed by atoms with van der Waals surface area (Å²) < 4.78 is 5.69. The predicted octanol–water partition coefficient (Wildman–Crippen LogP) is 3.19. The quantitative estimate of drug-likeness (QED) is 0.812. The minimum atomic E-state index is -0.0681. The third kappa shape index (κ3) is 3.49. The first-order valence-corrected chi connectivity index (χ1v) is 6.62. The summed E-state index contributed by atoms with van der Waals surface area (Å²) in [5, 5.41) is 2.83. The molecular weight excluding hydrogens is 226 g/mol. The molecule has 1 aromatic heterocycles. The fourth-order valence-corrected chi connectivity index (χ4v) is 1.90. The molecule has 1 aromatic rings. The van der Waals surface area contributed by atoms with Gasteiger partial charge in [-0.25, -0.2) is 0 Å². The van der Waals surface area contributed by atoms with E-state index in [4.69, 9.17) is 4.42 Å². The summed E-state index contributed by atoms with van der Waals surface area (Å²) in [6.07, 6.45) is 4.47. The van der Waals surface area contributed by atoms with Crippen LogP contribution in [0.25, 0.3) is 6.08 Å². The van der Waals surface area contributed by atoms with Crippen LogP contribution in [0.5, 0.6) is 0 Å². The van der Waals surface area contributed by atoms with E-state index in [0.29, 0.717) is 18.4 Å². The molecule has 3 nitrogen and oxygen atoms in total. The molecule has 0 spiro atoms. The zero-order chi connectivity index (χ0) is 13.1. The molecule has 1 fully saturated rings. The van der Waals surface area contributed by atoms with Crippen molar-refractivity contribution in [2.24, 2.45) is 11.8 Å². The topological polar surface area (TPSA) is 42.2 Å². The number of hydrogen-bond acceptors (Lipinski definition) is 2. The molecule has 2 unspecified atom stereocenters. The van der Waals surface area contributed by atoms with Gasteiger partial charge in [-0.3, -0.25) is 4.79 Å². The molecule has 1 heterocycles. The van der Waals surface area contributed by atoms with Crippen LogP contribution in [0.2, 0.25) is 0 Å². The summed E-state index contributed by atoms with van der Waals surface area (Å²) in [6.45, 7) is 7.06. The van der Waals surface area contributed by atoms with Crippen LogP contribution in [-0.2, 0) is 4.79 Å². The number of furan rings is 1. The van der Waals surface area contributed by atoms with Crippen molar-refractivity contribution in [1.82, 2.24) is 5.32 Å². The molecule has 98 valence electrons. The Morgan fingerprint density at radius 2 is 2.28 bits per heavy atom. The summed E-state index contributed by atoms with van der Waals surface area (Å²) >= 11 is 0. The van der Waals surface area contributed by atoms with Crippen molar-refractivity contribution >= 4 is 12.0 Å². The molecule has 1 aliphatic carbocycles. The van der Waals surface area contributed by atoms with Gasteiger partial charge in [0.2, 0.25) is 5.91 Å². The first kappa shape index (κ1) is 12.9. The fourth-order valence-electron chi connectivity index (χ4n) is 1.90. The van der Waals surface area contributed by atoms with E-state index in [1.165, 1.54) is 12.5 Å². The summed E-state index contributed by atoms with van der Waals surface area (Å²) in [5.74, 6) is 3.52. The lowest BCUT2D eigenvalue weighted by molar-refractivity contribution is -0.116. The van der Waals surface area contributed by atoms with Crippen LogP contribution in [0.1, 0.15) is 44.6 Å². The highest BCUT2D eigenvalue weighted by molar-refractivity contribution is 5.91. The minimum Gasteiger partial charge on any atom is -0.461 e. The minimum absolute atomic E-state index is 0.0681. The van der Waals surface area contributed by atoms with E-state index in [-0.39, 0.29) is 5.91 Å². The van der Waals surface area contributed by atoms with Gasteiger partial charge in [-0.2, -0.15) is 0 Å². The van der Waals surface area contributed by atoms with Gasteiger partial charge in [-0.15, -0.1) is 0 Å². The van der Waals surface area contributed by atoms with Crippen molar-refractivity contribution in [3.8, 4) is 0 Å².